The molecule has 3 rings (SSSR count). The number of benzene rings is 2. The highest BCUT2D eigenvalue weighted by molar-refractivity contribution is 5.94. The molecule has 0 aliphatic carbocycles. The Kier molecular flexibility index (Phi) is 6.26. The van der Waals surface area contributed by atoms with E-state index in [2.05, 4.69) is 22.5 Å². The number of nitrogens with zero attached hydrogens (tertiary/aromatic N) is 2. The van der Waals surface area contributed by atoms with Crippen LogP contribution in [0, 0.1) is 13.8 Å². The molecule has 5 nitrogen and oxygen atoms in total. The normalized spacial score (nSPS) is 10.6. The number of nitrogens with one attached hydrogen (secondary N) is 1. The van der Waals surface area contributed by atoms with Crippen molar-refractivity contribution in [3.8, 4) is 5.75 Å². The van der Waals surface area contributed by atoms with Gasteiger partial charge in [0.1, 0.15) is 12.4 Å². The smallest absolute Gasteiger partial charge is 0.251 e. The van der Waals surface area contributed by atoms with Gasteiger partial charge in [-0.3, -0.25) is 9.48 Å². The van der Waals surface area contributed by atoms with Gasteiger partial charge >= 0.3 is 0 Å². The molecule has 1 amide bonds. The number of aromatic nitrogens is 2. The SMILES string of the molecule is Cc1ccc(C)c(OCc2cccc(C(=O)NCCCn3cccn3)c2)c1. The molecule has 0 radical (unpaired) electrons. The molecule has 27 heavy (non-hydrogen) atoms. The van der Waals surface area contributed by atoms with E-state index in [4.69, 9.17) is 4.74 Å². The quantitative estimate of drug-likeness (QED) is 0.618. The zero-order valence-electron chi connectivity index (χ0n) is 15.8. The number of aryl methyl sites for hydroxylation is 3. The summed E-state index contributed by atoms with van der Waals surface area (Å²) in [6.07, 6.45) is 4.51. The Bertz CT molecular complexity index is 888. The van der Waals surface area contributed by atoms with E-state index < -0.39 is 0 Å². The summed E-state index contributed by atoms with van der Waals surface area (Å²) in [5.41, 5.74) is 3.89. The predicted octanol–water partition coefficient (Wildman–Crippen LogP) is 3.90. The van der Waals surface area contributed by atoms with E-state index in [0.717, 1.165) is 29.8 Å². The molecule has 0 atom stereocenters. The lowest BCUT2D eigenvalue weighted by atomic mass is 10.1. The van der Waals surface area contributed by atoms with Crippen molar-refractivity contribution in [2.45, 2.75) is 33.4 Å². The fraction of sp³-hybridized carbons (Fsp3) is 0.273. The van der Waals surface area contributed by atoms with Crippen molar-refractivity contribution in [1.82, 2.24) is 15.1 Å². The van der Waals surface area contributed by atoms with Crippen LogP contribution in [0.1, 0.15) is 33.5 Å². The standard InChI is InChI=1S/C22H25N3O2/c1-17-8-9-18(2)21(14-17)27-16-19-6-3-7-20(15-19)22(26)23-10-4-12-25-13-5-11-24-25/h3,5-9,11,13-15H,4,10,12,16H2,1-2H3,(H,23,26). The Hall–Kier alpha value is -3.08. The summed E-state index contributed by atoms with van der Waals surface area (Å²) in [5.74, 6) is 0.813. The second-order valence-corrected chi connectivity index (χ2v) is 6.64. The number of ether oxygens (including phenoxy) is 1. The second kappa shape index (κ2) is 9.03. The first kappa shape index (κ1) is 18.7. The van der Waals surface area contributed by atoms with Gasteiger partial charge in [-0.05, 0) is 61.2 Å². The van der Waals surface area contributed by atoms with Gasteiger partial charge in [-0.2, -0.15) is 5.10 Å². The Morgan fingerprint density at radius 2 is 2.04 bits per heavy atom. The molecule has 3 aromatic rings. The fourth-order valence-corrected chi connectivity index (χ4v) is 2.80. The number of hydrogen-bond acceptors (Lipinski definition) is 3. The van der Waals surface area contributed by atoms with Crippen LogP contribution in [-0.2, 0) is 13.2 Å². The van der Waals surface area contributed by atoms with Gasteiger partial charge in [-0.15, -0.1) is 0 Å². The molecule has 0 saturated heterocycles. The van der Waals surface area contributed by atoms with Crippen LogP contribution in [0.4, 0.5) is 0 Å². The molecular weight excluding hydrogens is 338 g/mol. The molecule has 5 heteroatoms. The highest BCUT2D eigenvalue weighted by Gasteiger charge is 2.07. The Balaban J connectivity index is 1.51. The summed E-state index contributed by atoms with van der Waals surface area (Å²) in [4.78, 5) is 12.4. The lowest BCUT2D eigenvalue weighted by molar-refractivity contribution is 0.0952. The van der Waals surface area contributed by atoms with E-state index in [0.29, 0.717) is 18.7 Å². The molecule has 1 N–H and O–H groups in total. The summed E-state index contributed by atoms with van der Waals surface area (Å²) in [6, 6.07) is 15.6. The summed E-state index contributed by atoms with van der Waals surface area (Å²) >= 11 is 0. The summed E-state index contributed by atoms with van der Waals surface area (Å²) in [5, 5.41) is 7.11. The molecule has 2 aromatic carbocycles. The van der Waals surface area contributed by atoms with Crippen molar-refractivity contribution in [1.29, 1.82) is 0 Å². The van der Waals surface area contributed by atoms with E-state index in [1.165, 1.54) is 5.56 Å². The van der Waals surface area contributed by atoms with Gasteiger partial charge in [-0.25, -0.2) is 0 Å². The number of amides is 1. The van der Waals surface area contributed by atoms with E-state index in [1.807, 2.05) is 61.1 Å². The van der Waals surface area contributed by atoms with Crippen molar-refractivity contribution < 1.29 is 9.53 Å². The molecule has 0 spiro atoms. The van der Waals surface area contributed by atoms with Gasteiger partial charge in [0.15, 0.2) is 0 Å². The maximum atomic E-state index is 12.4. The van der Waals surface area contributed by atoms with Crippen LogP contribution in [0.25, 0.3) is 0 Å². The van der Waals surface area contributed by atoms with Crippen molar-refractivity contribution in [3.63, 3.8) is 0 Å². The number of carbonyl (C=O) groups excluding carboxylic acids is 1. The van der Waals surface area contributed by atoms with Crippen LogP contribution in [-0.4, -0.2) is 22.2 Å². The molecule has 0 aliphatic rings. The van der Waals surface area contributed by atoms with Crippen LogP contribution < -0.4 is 10.1 Å². The van der Waals surface area contributed by atoms with Crippen LogP contribution >= 0.6 is 0 Å². The summed E-state index contributed by atoms with van der Waals surface area (Å²) in [6.45, 7) is 5.91. The number of rotatable bonds is 8. The van der Waals surface area contributed by atoms with Crippen LogP contribution in [0.5, 0.6) is 5.75 Å². The van der Waals surface area contributed by atoms with Gasteiger partial charge in [0.2, 0.25) is 0 Å². The van der Waals surface area contributed by atoms with E-state index in [9.17, 15) is 4.79 Å². The topological polar surface area (TPSA) is 56.1 Å². The molecule has 1 aromatic heterocycles. The van der Waals surface area contributed by atoms with E-state index in [1.54, 1.807) is 6.20 Å². The minimum atomic E-state index is -0.0657. The number of hydrogen-bond donors (Lipinski definition) is 1. The van der Waals surface area contributed by atoms with Crippen LogP contribution in [0.3, 0.4) is 0 Å². The Morgan fingerprint density at radius 1 is 1.15 bits per heavy atom. The molecule has 0 bridgehead atoms. The highest BCUT2D eigenvalue weighted by Crippen LogP contribution is 2.20. The zero-order chi connectivity index (χ0) is 19.1. The molecule has 0 fully saturated rings. The maximum absolute atomic E-state index is 12.4. The minimum absolute atomic E-state index is 0.0657. The van der Waals surface area contributed by atoms with Crippen molar-refractivity contribution in [2.75, 3.05) is 6.54 Å². The monoisotopic (exact) mass is 363 g/mol. The highest BCUT2D eigenvalue weighted by atomic mass is 16.5. The van der Waals surface area contributed by atoms with Crippen LogP contribution in [0.15, 0.2) is 60.9 Å². The van der Waals surface area contributed by atoms with Gasteiger partial charge in [0, 0.05) is 31.0 Å². The Labute approximate surface area is 160 Å². The first-order valence-electron chi connectivity index (χ1n) is 9.16. The molecule has 140 valence electrons. The summed E-state index contributed by atoms with van der Waals surface area (Å²) in [7, 11) is 0. The van der Waals surface area contributed by atoms with E-state index in [-0.39, 0.29) is 5.91 Å². The first-order valence-corrected chi connectivity index (χ1v) is 9.16. The molecule has 0 aliphatic heterocycles. The first-order chi connectivity index (χ1) is 13.1. The zero-order valence-corrected chi connectivity index (χ0v) is 15.8. The average Bonchev–Trinajstić information content (AvgIpc) is 3.19. The summed E-state index contributed by atoms with van der Waals surface area (Å²) < 4.78 is 7.80. The van der Waals surface area contributed by atoms with Crippen molar-refractivity contribution in [3.05, 3.63) is 83.2 Å². The third-order valence-electron chi connectivity index (χ3n) is 4.34. The van der Waals surface area contributed by atoms with Gasteiger partial charge < -0.3 is 10.1 Å². The minimum Gasteiger partial charge on any atom is -0.489 e. The third-order valence-corrected chi connectivity index (χ3v) is 4.34. The van der Waals surface area contributed by atoms with Gasteiger partial charge in [0.25, 0.3) is 5.91 Å². The predicted molar refractivity (Wildman–Crippen MR) is 106 cm³/mol. The average molecular weight is 363 g/mol. The molecular formula is C22H25N3O2. The lowest BCUT2D eigenvalue weighted by Crippen LogP contribution is -2.25. The van der Waals surface area contributed by atoms with E-state index >= 15 is 0 Å². The van der Waals surface area contributed by atoms with Gasteiger partial charge in [-0.1, -0.05) is 24.3 Å². The molecule has 1 heterocycles. The second-order valence-electron chi connectivity index (χ2n) is 6.64. The molecule has 0 saturated carbocycles. The van der Waals surface area contributed by atoms with Gasteiger partial charge in [0.05, 0.1) is 0 Å². The van der Waals surface area contributed by atoms with Crippen molar-refractivity contribution >= 4 is 5.91 Å². The molecule has 0 unspecified atom stereocenters. The maximum Gasteiger partial charge on any atom is 0.251 e. The lowest BCUT2D eigenvalue weighted by Gasteiger charge is -2.11. The number of carbonyl (C=O) groups is 1. The van der Waals surface area contributed by atoms with Crippen molar-refractivity contribution in [2.24, 2.45) is 0 Å². The Morgan fingerprint density at radius 3 is 2.85 bits per heavy atom. The largest absolute Gasteiger partial charge is 0.489 e. The van der Waals surface area contributed by atoms with Crippen LogP contribution in [0.2, 0.25) is 0 Å². The third kappa shape index (κ3) is 5.45. The fourth-order valence-electron chi connectivity index (χ4n) is 2.80.